The molecule has 2 aromatic carbocycles. The van der Waals surface area contributed by atoms with E-state index in [1.807, 2.05) is 30.3 Å². The molecule has 2 heterocycles. The number of thiophene rings is 1. The highest BCUT2D eigenvalue weighted by molar-refractivity contribution is 7.91. The molecule has 0 radical (unpaired) electrons. The molecule has 8 nitrogen and oxygen atoms in total. The van der Waals surface area contributed by atoms with Crippen LogP contribution < -0.4 is 10.6 Å². The van der Waals surface area contributed by atoms with E-state index < -0.39 is 33.8 Å². The summed E-state index contributed by atoms with van der Waals surface area (Å²) in [6, 6.07) is 16.1. The highest BCUT2D eigenvalue weighted by Gasteiger charge is 2.41. The van der Waals surface area contributed by atoms with Crippen LogP contribution in [-0.2, 0) is 21.4 Å². The van der Waals surface area contributed by atoms with Crippen LogP contribution in [-0.4, -0.2) is 55.2 Å². The molecule has 1 saturated heterocycles. The molecule has 1 aliphatic heterocycles. The van der Waals surface area contributed by atoms with Gasteiger partial charge in [-0.1, -0.05) is 36.4 Å². The first-order chi connectivity index (χ1) is 16.3. The average Bonchev–Trinajstić information content (AvgIpc) is 3.40. The Hall–Kier alpha value is -3.28. The van der Waals surface area contributed by atoms with Gasteiger partial charge in [-0.25, -0.2) is 17.6 Å². The molecule has 1 aliphatic rings. The molecule has 1 atom stereocenters. The molecular weight excluding hydrogens is 479 g/mol. The summed E-state index contributed by atoms with van der Waals surface area (Å²) in [5.41, 5.74) is 1.26. The largest absolute Gasteiger partial charge is 0.351 e. The van der Waals surface area contributed by atoms with Crippen LogP contribution in [0.4, 0.5) is 14.9 Å². The first-order valence-electron chi connectivity index (χ1n) is 10.5. The number of sulfonamides is 1. The second-order valence-corrected chi connectivity index (χ2v) is 10.7. The van der Waals surface area contributed by atoms with Crippen molar-refractivity contribution in [1.29, 1.82) is 0 Å². The van der Waals surface area contributed by atoms with Crippen LogP contribution in [0.5, 0.6) is 0 Å². The molecule has 3 amide bonds. The first kappa shape index (κ1) is 23.9. The fourth-order valence-corrected chi connectivity index (χ4v) is 6.31. The van der Waals surface area contributed by atoms with Crippen LogP contribution in [0.2, 0.25) is 0 Å². The van der Waals surface area contributed by atoms with E-state index in [1.54, 1.807) is 11.4 Å². The number of benzene rings is 2. The number of carbonyl (C=O) groups excluding carboxylic acids is 2. The number of halogens is 1. The molecule has 2 N–H and O–H groups in total. The van der Waals surface area contributed by atoms with Gasteiger partial charge in [-0.15, -0.1) is 11.3 Å². The molecule has 0 aliphatic carbocycles. The normalized spacial score (nSPS) is 16.7. The Kier molecular flexibility index (Phi) is 7.25. The zero-order valence-corrected chi connectivity index (χ0v) is 19.7. The maximum Gasteiger partial charge on any atom is 0.321 e. The number of carbonyl (C=O) groups is 2. The molecule has 11 heteroatoms. The third-order valence-electron chi connectivity index (χ3n) is 5.38. The SMILES string of the molecule is O=C(NCc1ccccc1)C1CN(C(=O)Nc2ccc(F)cc2)CCN1S(=O)(=O)c1cccs1. The van der Waals surface area contributed by atoms with Crippen molar-refractivity contribution >= 4 is 39.0 Å². The lowest BCUT2D eigenvalue weighted by molar-refractivity contribution is -0.126. The summed E-state index contributed by atoms with van der Waals surface area (Å²) in [5, 5.41) is 7.11. The summed E-state index contributed by atoms with van der Waals surface area (Å²) in [5.74, 6) is -0.927. The number of amides is 3. The van der Waals surface area contributed by atoms with Crippen molar-refractivity contribution < 1.29 is 22.4 Å². The summed E-state index contributed by atoms with van der Waals surface area (Å²) >= 11 is 1.07. The third kappa shape index (κ3) is 5.44. The zero-order valence-electron chi connectivity index (χ0n) is 18.1. The predicted octanol–water partition coefficient (Wildman–Crippen LogP) is 3.11. The molecule has 1 fully saturated rings. The van der Waals surface area contributed by atoms with Crippen molar-refractivity contribution in [2.75, 3.05) is 25.0 Å². The van der Waals surface area contributed by atoms with E-state index in [9.17, 15) is 22.4 Å². The van der Waals surface area contributed by atoms with E-state index in [0.717, 1.165) is 21.2 Å². The molecule has 178 valence electrons. The average molecular weight is 503 g/mol. The van der Waals surface area contributed by atoms with Gasteiger partial charge in [-0.05, 0) is 41.3 Å². The summed E-state index contributed by atoms with van der Waals surface area (Å²) in [6.45, 7) is 0.156. The standard InChI is InChI=1S/C23H23FN4O4S2/c24-18-8-10-19(11-9-18)26-23(30)27-12-13-28(34(31,32)21-7-4-14-33-21)20(16-27)22(29)25-15-17-5-2-1-3-6-17/h1-11,14,20H,12-13,15-16H2,(H,25,29)(H,26,30). The monoisotopic (exact) mass is 502 g/mol. The van der Waals surface area contributed by atoms with Crippen molar-refractivity contribution in [1.82, 2.24) is 14.5 Å². The van der Waals surface area contributed by atoms with E-state index in [4.69, 9.17) is 0 Å². The summed E-state index contributed by atoms with van der Waals surface area (Å²) in [4.78, 5) is 27.3. The van der Waals surface area contributed by atoms with Gasteiger partial charge in [0.15, 0.2) is 0 Å². The second-order valence-electron chi connectivity index (χ2n) is 7.65. The van der Waals surface area contributed by atoms with Gasteiger partial charge in [-0.3, -0.25) is 4.79 Å². The molecule has 3 aromatic rings. The number of nitrogens with one attached hydrogen (secondary N) is 2. The van der Waals surface area contributed by atoms with Crippen molar-refractivity contribution in [2.45, 2.75) is 16.8 Å². The van der Waals surface area contributed by atoms with Gasteiger partial charge in [-0.2, -0.15) is 4.31 Å². The second kappa shape index (κ2) is 10.3. The Bertz CT molecular complexity index is 1240. The Morgan fingerprint density at radius 1 is 1.00 bits per heavy atom. The molecule has 0 spiro atoms. The molecule has 0 saturated carbocycles. The summed E-state index contributed by atoms with van der Waals surface area (Å²) in [6.07, 6.45) is 0. The topological polar surface area (TPSA) is 98.8 Å². The number of piperazine rings is 1. The predicted molar refractivity (Wildman–Crippen MR) is 127 cm³/mol. The summed E-state index contributed by atoms with van der Waals surface area (Å²) in [7, 11) is -3.92. The lowest BCUT2D eigenvalue weighted by atomic mass is 10.2. The fourth-order valence-electron chi connectivity index (χ4n) is 3.62. The number of nitrogens with zero attached hydrogens (tertiary/aromatic N) is 2. The van der Waals surface area contributed by atoms with Crippen LogP contribution in [0.3, 0.4) is 0 Å². The number of hydrogen-bond acceptors (Lipinski definition) is 5. The molecular formula is C23H23FN4O4S2. The molecule has 1 unspecified atom stereocenters. The van der Waals surface area contributed by atoms with Gasteiger partial charge in [0.25, 0.3) is 10.0 Å². The summed E-state index contributed by atoms with van der Waals surface area (Å²) < 4.78 is 40.9. The van der Waals surface area contributed by atoms with E-state index in [0.29, 0.717) is 5.69 Å². The van der Waals surface area contributed by atoms with Crippen molar-refractivity contribution in [3.63, 3.8) is 0 Å². The maximum absolute atomic E-state index is 13.2. The van der Waals surface area contributed by atoms with Crippen LogP contribution in [0.25, 0.3) is 0 Å². The van der Waals surface area contributed by atoms with Crippen LogP contribution in [0.1, 0.15) is 5.56 Å². The first-order valence-corrected chi connectivity index (χ1v) is 12.8. The third-order valence-corrected chi connectivity index (χ3v) is 8.67. The highest BCUT2D eigenvalue weighted by atomic mass is 32.2. The number of rotatable bonds is 6. The van der Waals surface area contributed by atoms with Gasteiger partial charge in [0.1, 0.15) is 16.1 Å². The molecule has 0 bridgehead atoms. The number of urea groups is 1. The van der Waals surface area contributed by atoms with Gasteiger partial charge >= 0.3 is 6.03 Å². The smallest absolute Gasteiger partial charge is 0.321 e. The van der Waals surface area contributed by atoms with Crippen LogP contribution in [0.15, 0.2) is 76.3 Å². The van der Waals surface area contributed by atoms with Crippen LogP contribution in [0, 0.1) is 5.82 Å². The van der Waals surface area contributed by atoms with E-state index >= 15 is 0 Å². The number of anilines is 1. The van der Waals surface area contributed by atoms with Gasteiger partial charge in [0, 0.05) is 31.9 Å². The van der Waals surface area contributed by atoms with Crippen molar-refractivity contribution in [2.24, 2.45) is 0 Å². The highest BCUT2D eigenvalue weighted by Crippen LogP contribution is 2.25. The lowest BCUT2D eigenvalue weighted by Gasteiger charge is -2.39. The van der Waals surface area contributed by atoms with E-state index in [-0.39, 0.29) is 30.4 Å². The van der Waals surface area contributed by atoms with Gasteiger partial charge in [0.2, 0.25) is 5.91 Å². The molecule has 34 heavy (non-hydrogen) atoms. The Morgan fingerprint density at radius 3 is 2.41 bits per heavy atom. The lowest BCUT2D eigenvalue weighted by Crippen LogP contribution is -2.61. The fraction of sp³-hybridized carbons (Fsp3) is 0.217. The van der Waals surface area contributed by atoms with Crippen molar-refractivity contribution in [3.8, 4) is 0 Å². The number of hydrogen-bond donors (Lipinski definition) is 2. The Balaban J connectivity index is 1.52. The van der Waals surface area contributed by atoms with Gasteiger partial charge < -0.3 is 15.5 Å². The zero-order chi connectivity index (χ0) is 24.1. The molecule has 4 rings (SSSR count). The minimum atomic E-state index is -3.92. The molecule has 1 aromatic heterocycles. The maximum atomic E-state index is 13.2. The van der Waals surface area contributed by atoms with E-state index in [2.05, 4.69) is 10.6 Å². The Morgan fingerprint density at radius 2 is 1.74 bits per heavy atom. The van der Waals surface area contributed by atoms with Crippen molar-refractivity contribution in [3.05, 3.63) is 83.5 Å². The minimum absolute atomic E-state index is 0.0412. The van der Waals surface area contributed by atoms with Gasteiger partial charge in [0.05, 0.1) is 0 Å². The quantitative estimate of drug-likeness (QED) is 0.541. The van der Waals surface area contributed by atoms with E-state index in [1.165, 1.54) is 35.2 Å². The van der Waals surface area contributed by atoms with Crippen LogP contribution >= 0.6 is 11.3 Å². The minimum Gasteiger partial charge on any atom is -0.351 e. The Labute approximate surface area is 201 Å².